The molecule has 0 saturated heterocycles. The standard InChI is InChI=1S/C13H12O5/c1-3-17-13(16)11-7(2)18-10-5-4-9(15)8(6-14)12(10)11/h4-6,15H,3H2,1-2H3. The van der Waals surface area contributed by atoms with Crippen molar-refractivity contribution >= 4 is 23.2 Å². The third-order valence-corrected chi connectivity index (χ3v) is 2.65. The van der Waals surface area contributed by atoms with E-state index in [0.717, 1.165) is 0 Å². The van der Waals surface area contributed by atoms with Crippen LogP contribution in [0.15, 0.2) is 16.5 Å². The van der Waals surface area contributed by atoms with Crippen LogP contribution in [-0.2, 0) is 4.74 Å². The number of aromatic hydroxyl groups is 1. The number of carbonyl (C=O) groups is 2. The summed E-state index contributed by atoms with van der Waals surface area (Å²) in [6.07, 6.45) is 0.495. The minimum absolute atomic E-state index is 0.0346. The van der Waals surface area contributed by atoms with Crippen LogP contribution in [0.1, 0.15) is 33.4 Å². The number of benzene rings is 1. The first kappa shape index (κ1) is 12.2. The van der Waals surface area contributed by atoms with E-state index in [1.54, 1.807) is 13.8 Å². The quantitative estimate of drug-likeness (QED) is 0.666. The molecule has 0 atom stereocenters. The van der Waals surface area contributed by atoms with Gasteiger partial charge in [0, 0.05) is 5.39 Å². The van der Waals surface area contributed by atoms with Gasteiger partial charge in [0.15, 0.2) is 6.29 Å². The van der Waals surface area contributed by atoms with Crippen LogP contribution in [0.4, 0.5) is 0 Å². The predicted molar refractivity (Wildman–Crippen MR) is 64.0 cm³/mol. The van der Waals surface area contributed by atoms with Crippen molar-refractivity contribution in [3.63, 3.8) is 0 Å². The molecular formula is C13H12O5. The molecule has 2 aromatic rings. The van der Waals surface area contributed by atoms with Gasteiger partial charge < -0.3 is 14.3 Å². The van der Waals surface area contributed by atoms with Crippen LogP contribution in [0.2, 0.25) is 0 Å². The number of hydrogen-bond acceptors (Lipinski definition) is 5. The number of hydrogen-bond donors (Lipinski definition) is 1. The summed E-state index contributed by atoms with van der Waals surface area (Å²) >= 11 is 0. The molecular weight excluding hydrogens is 236 g/mol. The molecule has 0 aliphatic rings. The number of phenolic OH excluding ortho intramolecular Hbond substituents is 1. The number of furan rings is 1. The number of aldehydes is 1. The van der Waals surface area contributed by atoms with E-state index >= 15 is 0 Å². The maximum Gasteiger partial charge on any atom is 0.342 e. The average Bonchev–Trinajstić information content (AvgIpc) is 2.66. The molecule has 5 heteroatoms. The normalized spacial score (nSPS) is 10.6. The fourth-order valence-corrected chi connectivity index (χ4v) is 1.89. The molecule has 0 saturated carbocycles. The second kappa shape index (κ2) is 4.52. The van der Waals surface area contributed by atoms with Gasteiger partial charge in [0.25, 0.3) is 0 Å². The van der Waals surface area contributed by atoms with Crippen LogP contribution in [0, 0.1) is 6.92 Å². The Morgan fingerprint density at radius 2 is 2.22 bits per heavy atom. The van der Waals surface area contributed by atoms with E-state index in [9.17, 15) is 14.7 Å². The minimum atomic E-state index is -0.567. The first-order valence-corrected chi connectivity index (χ1v) is 5.47. The van der Waals surface area contributed by atoms with E-state index in [0.29, 0.717) is 23.0 Å². The van der Waals surface area contributed by atoms with Crippen LogP contribution >= 0.6 is 0 Å². The molecule has 1 aromatic carbocycles. The van der Waals surface area contributed by atoms with Crippen molar-refractivity contribution in [2.45, 2.75) is 13.8 Å². The van der Waals surface area contributed by atoms with E-state index in [1.807, 2.05) is 0 Å². The van der Waals surface area contributed by atoms with Crippen LogP contribution in [-0.4, -0.2) is 24.0 Å². The van der Waals surface area contributed by atoms with Gasteiger partial charge in [-0.05, 0) is 26.0 Å². The minimum Gasteiger partial charge on any atom is -0.507 e. The van der Waals surface area contributed by atoms with Crippen molar-refractivity contribution in [2.24, 2.45) is 0 Å². The Morgan fingerprint density at radius 1 is 1.50 bits per heavy atom. The summed E-state index contributed by atoms with van der Waals surface area (Å²) in [5.41, 5.74) is 0.590. The Balaban J connectivity index is 2.79. The second-order valence-electron chi connectivity index (χ2n) is 3.74. The Bertz CT molecular complexity index is 624. The molecule has 0 unspecified atom stereocenters. The summed E-state index contributed by atoms with van der Waals surface area (Å²) in [6, 6.07) is 2.86. The number of ether oxygens (including phenoxy) is 1. The highest BCUT2D eigenvalue weighted by atomic mass is 16.5. The molecule has 0 aliphatic heterocycles. The molecule has 0 fully saturated rings. The average molecular weight is 248 g/mol. The topological polar surface area (TPSA) is 76.7 Å². The first-order chi connectivity index (χ1) is 8.60. The predicted octanol–water partition coefficient (Wildman–Crippen LogP) is 2.44. The molecule has 1 heterocycles. The molecule has 18 heavy (non-hydrogen) atoms. The molecule has 0 amide bonds. The maximum absolute atomic E-state index is 11.8. The van der Waals surface area contributed by atoms with Crippen molar-refractivity contribution in [3.05, 3.63) is 29.0 Å². The summed E-state index contributed by atoms with van der Waals surface area (Å²) in [5.74, 6) is -0.400. The smallest absolute Gasteiger partial charge is 0.342 e. The molecule has 0 radical (unpaired) electrons. The van der Waals surface area contributed by atoms with Crippen LogP contribution in [0.5, 0.6) is 5.75 Å². The van der Waals surface area contributed by atoms with E-state index < -0.39 is 5.97 Å². The number of aryl methyl sites for hydroxylation is 1. The lowest BCUT2D eigenvalue weighted by Crippen LogP contribution is -2.06. The lowest BCUT2D eigenvalue weighted by molar-refractivity contribution is 0.0526. The Morgan fingerprint density at radius 3 is 2.83 bits per heavy atom. The van der Waals surface area contributed by atoms with Crippen molar-refractivity contribution in [1.29, 1.82) is 0 Å². The number of fused-ring (bicyclic) bond motifs is 1. The highest BCUT2D eigenvalue weighted by Gasteiger charge is 2.23. The molecule has 1 N–H and O–H groups in total. The molecule has 0 bridgehead atoms. The fraction of sp³-hybridized carbons (Fsp3) is 0.231. The fourth-order valence-electron chi connectivity index (χ4n) is 1.89. The van der Waals surface area contributed by atoms with E-state index in [2.05, 4.69) is 0 Å². The van der Waals surface area contributed by atoms with Crippen molar-refractivity contribution in [3.8, 4) is 5.75 Å². The SMILES string of the molecule is CCOC(=O)c1c(C)oc2ccc(O)c(C=O)c12. The summed E-state index contributed by atoms with van der Waals surface area (Å²) < 4.78 is 10.3. The van der Waals surface area contributed by atoms with Gasteiger partial charge in [0.2, 0.25) is 0 Å². The van der Waals surface area contributed by atoms with Gasteiger partial charge in [0.05, 0.1) is 12.2 Å². The summed E-state index contributed by atoms with van der Waals surface area (Å²) in [6.45, 7) is 3.52. The first-order valence-electron chi connectivity index (χ1n) is 5.47. The zero-order chi connectivity index (χ0) is 13.3. The zero-order valence-corrected chi connectivity index (χ0v) is 10.0. The van der Waals surface area contributed by atoms with Gasteiger partial charge in [-0.25, -0.2) is 4.79 Å². The van der Waals surface area contributed by atoms with Gasteiger partial charge in [-0.2, -0.15) is 0 Å². The second-order valence-corrected chi connectivity index (χ2v) is 3.74. The van der Waals surface area contributed by atoms with Crippen molar-refractivity contribution in [1.82, 2.24) is 0 Å². The molecule has 2 rings (SSSR count). The van der Waals surface area contributed by atoms with Gasteiger partial charge in [-0.3, -0.25) is 4.79 Å². The largest absolute Gasteiger partial charge is 0.507 e. The molecule has 1 aromatic heterocycles. The van der Waals surface area contributed by atoms with Gasteiger partial charge >= 0.3 is 5.97 Å². The summed E-state index contributed by atoms with van der Waals surface area (Å²) in [7, 11) is 0. The maximum atomic E-state index is 11.8. The van der Waals surface area contributed by atoms with Crippen molar-refractivity contribution < 1.29 is 23.8 Å². The molecule has 94 valence electrons. The van der Waals surface area contributed by atoms with Crippen molar-refractivity contribution in [2.75, 3.05) is 6.61 Å². The molecule has 5 nitrogen and oxygen atoms in total. The van der Waals surface area contributed by atoms with E-state index in [-0.39, 0.29) is 23.5 Å². The lowest BCUT2D eigenvalue weighted by Gasteiger charge is -2.02. The van der Waals surface area contributed by atoms with Gasteiger partial charge in [0.1, 0.15) is 22.7 Å². The molecule has 0 aliphatic carbocycles. The third kappa shape index (κ3) is 1.73. The highest BCUT2D eigenvalue weighted by Crippen LogP contribution is 2.33. The Labute approximate surface area is 103 Å². The van der Waals surface area contributed by atoms with Crippen LogP contribution in [0.3, 0.4) is 0 Å². The number of phenols is 1. The Hall–Kier alpha value is -2.30. The van der Waals surface area contributed by atoms with E-state index in [4.69, 9.17) is 9.15 Å². The molecule has 0 spiro atoms. The monoisotopic (exact) mass is 248 g/mol. The third-order valence-electron chi connectivity index (χ3n) is 2.65. The van der Waals surface area contributed by atoms with E-state index in [1.165, 1.54) is 12.1 Å². The van der Waals surface area contributed by atoms with Crippen LogP contribution in [0.25, 0.3) is 11.0 Å². The zero-order valence-electron chi connectivity index (χ0n) is 10.0. The number of esters is 1. The van der Waals surface area contributed by atoms with Crippen LogP contribution < -0.4 is 0 Å². The number of carbonyl (C=O) groups excluding carboxylic acids is 2. The number of rotatable bonds is 3. The Kier molecular flexibility index (Phi) is 3.06. The summed E-state index contributed by atoms with van der Waals surface area (Å²) in [5, 5.41) is 9.92. The highest BCUT2D eigenvalue weighted by molar-refractivity contribution is 6.11. The van der Waals surface area contributed by atoms with Gasteiger partial charge in [-0.15, -0.1) is 0 Å². The van der Waals surface area contributed by atoms with Gasteiger partial charge in [-0.1, -0.05) is 0 Å². The summed E-state index contributed by atoms with van der Waals surface area (Å²) in [4.78, 5) is 22.9. The lowest BCUT2D eigenvalue weighted by atomic mass is 10.0.